The maximum Gasteiger partial charge on any atom is 0.0414 e. The standard InChI is InChI=1S/C34H41N/c1-23-15-9-14-22-29(23)35-24(2)31-30(32(35)33(3,4)5)27-20-12-13-21-28(27)34(31,26-18-10-11-19-26)25-16-7-6-8-17-25/h6-9,12-17,20-22,24,26,30-32H,10-11,18-19H2,1-5H3/t24-,30?,31?,32?,34?/m0/s1. The molecule has 0 aromatic heterocycles. The predicted octanol–water partition coefficient (Wildman–Crippen LogP) is 8.51. The summed E-state index contributed by atoms with van der Waals surface area (Å²) < 4.78 is 0. The minimum Gasteiger partial charge on any atom is -0.364 e. The average Bonchev–Trinajstić information content (AvgIpc) is 3.55. The van der Waals surface area contributed by atoms with Crippen LogP contribution in [0.5, 0.6) is 0 Å². The molecule has 1 nitrogen and oxygen atoms in total. The second kappa shape index (κ2) is 8.26. The molecule has 0 amide bonds. The van der Waals surface area contributed by atoms with Crippen molar-refractivity contribution in [2.75, 3.05) is 4.90 Å². The Labute approximate surface area is 212 Å². The summed E-state index contributed by atoms with van der Waals surface area (Å²) in [6.07, 6.45) is 5.45. The maximum absolute atomic E-state index is 2.85. The van der Waals surface area contributed by atoms with E-state index in [4.69, 9.17) is 0 Å². The number of anilines is 1. The number of aryl methyl sites for hydroxylation is 1. The summed E-state index contributed by atoms with van der Waals surface area (Å²) in [5, 5.41) is 0. The molecule has 1 saturated carbocycles. The van der Waals surface area contributed by atoms with Crippen LogP contribution in [0, 0.1) is 24.2 Å². The summed E-state index contributed by atoms with van der Waals surface area (Å²) in [6, 6.07) is 31.3. The van der Waals surface area contributed by atoms with Crippen molar-refractivity contribution in [1.29, 1.82) is 0 Å². The van der Waals surface area contributed by atoms with Gasteiger partial charge in [0.25, 0.3) is 0 Å². The van der Waals surface area contributed by atoms with Crippen molar-refractivity contribution in [2.45, 2.75) is 83.7 Å². The fourth-order valence-electron chi connectivity index (χ4n) is 8.82. The van der Waals surface area contributed by atoms with E-state index in [0.717, 1.165) is 0 Å². The molecule has 35 heavy (non-hydrogen) atoms. The smallest absolute Gasteiger partial charge is 0.0414 e. The molecular weight excluding hydrogens is 422 g/mol. The molecule has 0 bridgehead atoms. The Kier molecular flexibility index (Phi) is 5.40. The number of hydrogen-bond donors (Lipinski definition) is 0. The minimum atomic E-state index is 0.0827. The lowest BCUT2D eigenvalue weighted by Crippen LogP contribution is -2.48. The van der Waals surface area contributed by atoms with Crippen molar-refractivity contribution in [3.8, 4) is 0 Å². The van der Waals surface area contributed by atoms with Gasteiger partial charge in [0.15, 0.2) is 0 Å². The molecule has 5 atom stereocenters. The lowest BCUT2D eigenvalue weighted by atomic mass is 9.58. The molecule has 6 rings (SSSR count). The quantitative estimate of drug-likeness (QED) is 0.376. The van der Waals surface area contributed by atoms with E-state index >= 15 is 0 Å². The Bertz CT molecular complexity index is 1200. The topological polar surface area (TPSA) is 3.24 Å². The van der Waals surface area contributed by atoms with E-state index in [2.05, 4.69) is 118 Å². The molecule has 3 aliphatic rings. The summed E-state index contributed by atoms with van der Waals surface area (Å²) in [5.74, 6) is 1.80. The summed E-state index contributed by atoms with van der Waals surface area (Å²) in [5.41, 5.74) is 7.88. The molecule has 0 radical (unpaired) electrons. The molecular formula is C34H41N. The zero-order chi connectivity index (χ0) is 24.4. The van der Waals surface area contributed by atoms with E-state index in [1.807, 2.05) is 0 Å². The number of rotatable bonds is 3. The molecule has 0 N–H and O–H groups in total. The first-order valence-corrected chi connectivity index (χ1v) is 13.9. The van der Waals surface area contributed by atoms with Gasteiger partial charge >= 0.3 is 0 Å². The molecule has 1 aliphatic heterocycles. The summed E-state index contributed by atoms with van der Waals surface area (Å²) in [6.45, 7) is 12.3. The minimum absolute atomic E-state index is 0.0827. The van der Waals surface area contributed by atoms with E-state index in [-0.39, 0.29) is 10.8 Å². The number of hydrogen-bond acceptors (Lipinski definition) is 1. The lowest BCUT2D eigenvalue weighted by Gasteiger charge is -2.46. The van der Waals surface area contributed by atoms with Crippen molar-refractivity contribution in [1.82, 2.24) is 0 Å². The SMILES string of the molecule is Cc1ccccc1N1C(C(C)(C)C)C2c3ccccc3C(c3ccccc3)(C3CCCC3)C2[C@@H]1C. The van der Waals surface area contributed by atoms with Crippen molar-refractivity contribution in [3.05, 3.63) is 101 Å². The van der Waals surface area contributed by atoms with Crippen molar-refractivity contribution < 1.29 is 0 Å². The highest BCUT2D eigenvalue weighted by molar-refractivity contribution is 5.63. The first-order valence-electron chi connectivity index (χ1n) is 13.9. The largest absolute Gasteiger partial charge is 0.364 e. The molecule has 0 spiro atoms. The number of nitrogens with zero attached hydrogens (tertiary/aromatic N) is 1. The number of fused-ring (bicyclic) bond motifs is 3. The van der Waals surface area contributed by atoms with Gasteiger partial charge in [0.2, 0.25) is 0 Å². The molecule has 4 unspecified atom stereocenters. The molecule has 1 heteroatoms. The third-order valence-corrected chi connectivity index (χ3v) is 9.81. The van der Waals surface area contributed by atoms with E-state index in [1.165, 1.54) is 36.9 Å². The molecule has 2 aliphatic carbocycles. The first kappa shape index (κ1) is 22.9. The predicted molar refractivity (Wildman–Crippen MR) is 148 cm³/mol. The summed E-state index contributed by atoms with van der Waals surface area (Å²) in [4.78, 5) is 2.85. The van der Waals surface area contributed by atoms with Crippen molar-refractivity contribution >= 4 is 5.69 Å². The van der Waals surface area contributed by atoms with Crippen LogP contribution in [0.15, 0.2) is 78.9 Å². The average molecular weight is 464 g/mol. The molecule has 3 aromatic rings. The number of para-hydroxylation sites is 1. The highest BCUT2D eigenvalue weighted by Crippen LogP contribution is 2.68. The Morgan fingerprint density at radius 2 is 1.43 bits per heavy atom. The van der Waals surface area contributed by atoms with E-state index in [0.29, 0.717) is 29.8 Å². The fourth-order valence-corrected chi connectivity index (χ4v) is 8.82. The molecule has 3 aromatic carbocycles. The normalized spacial score (nSPS) is 30.5. The molecule has 1 saturated heterocycles. The van der Waals surface area contributed by atoms with Crippen LogP contribution < -0.4 is 4.90 Å². The zero-order valence-corrected chi connectivity index (χ0v) is 22.2. The molecule has 1 heterocycles. The zero-order valence-electron chi connectivity index (χ0n) is 22.2. The van der Waals surface area contributed by atoms with Gasteiger partial charge in [-0.1, -0.05) is 106 Å². The van der Waals surface area contributed by atoms with Crippen LogP contribution in [-0.2, 0) is 5.41 Å². The maximum atomic E-state index is 2.85. The third kappa shape index (κ3) is 3.19. The second-order valence-electron chi connectivity index (χ2n) is 12.6. The van der Waals surface area contributed by atoms with Crippen molar-refractivity contribution in [3.63, 3.8) is 0 Å². The van der Waals surface area contributed by atoms with E-state index in [1.54, 1.807) is 16.7 Å². The van der Waals surface area contributed by atoms with Crippen LogP contribution in [0.4, 0.5) is 5.69 Å². The van der Waals surface area contributed by atoms with Crippen LogP contribution in [0.25, 0.3) is 0 Å². The van der Waals surface area contributed by atoms with Crippen LogP contribution in [0.2, 0.25) is 0 Å². The highest BCUT2D eigenvalue weighted by Gasteiger charge is 2.66. The Morgan fingerprint density at radius 1 is 0.800 bits per heavy atom. The third-order valence-electron chi connectivity index (χ3n) is 9.81. The van der Waals surface area contributed by atoms with Gasteiger partial charge in [-0.15, -0.1) is 0 Å². The fraction of sp³-hybridized carbons (Fsp3) is 0.471. The number of benzene rings is 3. The Balaban J connectivity index is 1.66. The summed E-state index contributed by atoms with van der Waals surface area (Å²) >= 11 is 0. The second-order valence-corrected chi connectivity index (χ2v) is 12.6. The Hall–Kier alpha value is -2.54. The van der Waals surface area contributed by atoms with Gasteiger partial charge in [-0.2, -0.15) is 0 Å². The molecule has 182 valence electrons. The van der Waals surface area contributed by atoms with Crippen LogP contribution in [-0.4, -0.2) is 12.1 Å². The van der Waals surface area contributed by atoms with Gasteiger partial charge in [0, 0.05) is 35.0 Å². The Morgan fingerprint density at radius 3 is 2.11 bits per heavy atom. The summed E-state index contributed by atoms with van der Waals surface area (Å²) in [7, 11) is 0. The van der Waals surface area contributed by atoms with Gasteiger partial charge in [0.05, 0.1) is 0 Å². The van der Waals surface area contributed by atoms with Gasteiger partial charge in [-0.3, -0.25) is 0 Å². The first-order chi connectivity index (χ1) is 16.9. The van der Waals surface area contributed by atoms with E-state index < -0.39 is 0 Å². The van der Waals surface area contributed by atoms with Gasteiger partial charge in [-0.05, 0) is 66.3 Å². The van der Waals surface area contributed by atoms with Gasteiger partial charge < -0.3 is 4.90 Å². The van der Waals surface area contributed by atoms with Crippen LogP contribution in [0.3, 0.4) is 0 Å². The van der Waals surface area contributed by atoms with Crippen LogP contribution in [0.1, 0.15) is 81.5 Å². The highest BCUT2D eigenvalue weighted by atomic mass is 15.2. The monoisotopic (exact) mass is 463 g/mol. The molecule has 2 fully saturated rings. The van der Waals surface area contributed by atoms with Gasteiger partial charge in [0.1, 0.15) is 0 Å². The lowest BCUT2D eigenvalue weighted by molar-refractivity contribution is 0.202. The van der Waals surface area contributed by atoms with E-state index in [9.17, 15) is 0 Å². The van der Waals surface area contributed by atoms with Gasteiger partial charge in [-0.25, -0.2) is 0 Å². The van der Waals surface area contributed by atoms with Crippen molar-refractivity contribution in [2.24, 2.45) is 17.3 Å². The van der Waals surface area contributed by atoms with Crippen LogP contribution >= 0.6 is 0 Å².